The SMILES string of the molecule is COc1cc(N)ccc1S(=O)(=O)CC(=O)NCC(F)(F)F. The van der Waals surface area contributed by atoms with Crippen LogP contribution in [0.1, 0.15) is 0 Å². The number of anilines is 1. The van der Waals surface area contributed by atoms with Crippen LogP contribution in [0.4, 0.5) is 18.9 Å². The van der Waals surface area contributed by atoms with Crippen molar-refractivity contribution < 1.29 is 31.1 Å². The summed E-state index contributed by atoms with van der Waals surface area (Å²) >= 11 is 0. The molecule has 21 heavy (non-hydrogen) atoms. The predicted octanol–water partition coefficient (Wildman–Crippen LogP) is 0.730. The summed E-state index contributed by atoms with van der Waals surface area (Å²) < 4.78 is 64.6. The van der Waals surface area contributed by atoms with Gasteiger partial charge in [0.2, 0.25) is 5.91 Å². The summed E-state index contributed by atoms with van der Waals surface area (Å²) in [4.78, 5) is 11.0. The number of halogens is 3. The number of hydrogen-bond acceptors (Lipinski definition) is 5. The van der Waals surface area contributed by atoms with Crippen molar-refractivity contribution in [2.45, 2.75) is 11.1 Å². The summed E-state index contributed by atoms with van der Waals surface area (Å²) in [7, 11) is -2.94. The van der Waals surface area contributed by atoms with Crippen LogP contribution in [0.15, 0.2) is 23.1 Å². The highest BCUT2D eigenvalue weighted by atomic mass is 32.2. The first kappa shape index (κ1) is 17.1. The van der Waals surface area contributed by atoms with Crippen molar-refractivity contribution in [3.63, 3.8) is 0 Å². The third-order valence-electron chi connectivity index (χ3n) is 2.33. The molecule has 0 saturated carbocycles. The molecule has 0 radical (unpaired) electrons. The van der Waals surface area contributed by atoms with E-state index in [9.17, 15) is 26.4 Å². The highest BCUT2D eigenvalue weighted by molar-refractivity contribution is 7.92. The molecule has 0 atom stereocenters. The van der Waals surface area contributed by atoms with Gasteiger partial charge in [-0.25, -0.2) is 8.42 Å². The van der Waals surface area contributed by atoms with E-state index in [4.69, 9.17) is 10.5 Å². The zero-order valence-corrected chi connectivity index (χ0v) is 11.7. The zero-order valence-electron chi connectivity index (χ0n) is 10.9. The lowest BCUT2D eigenvalue weighted by molar-refractivity contribution is -0.137. The Labute approximate surface area is 119 Å². The van der Waals surface area contributed by atoms with Crippen molar-refractivity contribution in [1.29, 1.82) is 0 Å². The smallest absolute Gasteiger partial charge is 0.405 e. The van der Waals surface area contributed by atoms with Crippen LogP contribution in [0, 0.1) is 0 Å². The molecule has 1 amide bonds. The molecule has 1 rings (SSSR count). The van der Waals surface area contributed by atoms with E-state index in [1.54, 1.807) is 0 Å². The van der Waals surface area contributed by atoms with Crippen LogP contribution in [0.5, 0.6) is 5.75 Å². The van der Waals surface area contributed by atoms with E-state index in [-0.39, 0.29) is 16.3 Å². The average molecular weight is 326 g/mol. The van der Waals surface area contributed by atoms with Gasteiger partial charge >= 0.3 is 6.18 Å². The standard InChI is InChI=1S/C11H13F3N2O4S/c1-20-8-4-7(15)2-3-9(8)21(18,19)5-10(17)16-6-11(12,13)14/h2-4H,5-6,15H2,1H3,(H,16,17). The number of sulfone groups is 1. The number of alkyl halides is 3. The van der Waals surface area contributed by atoms with Crippen molar-refractivity contribution in [2.24, 2.45) is 0 Å². The summed E-state index contributed by atoms with van der Waals surface area (Å²) in [6, 6.07) is 3.64. The summed E-state index contributed by atoms with van der Waals surface area (Å²) in [5.41, 5.74) is 5.71. The fraction of sp³-hybridized carbons (Fsp3) is 0.364. The van der Waals surface area contributed by atoms with Crippen molar-refractivity contribution in [3.05, 3.63) is 18.2 Å². The maximum absolute atomic E-state index is 12.0. The number of methoxy groups -OCH3 is 1. The molecule has 0 aliphatic rings. The van der Waals surface area contributed by atoms with E-state index >= 15 is 0 Å². The van der Waals surface area contributed by atoms with Crippen molar-refractivity contribution in [3.8, 4) is 5.75 Å². The van der Waals surface area contributed by atoms with Gasteiger partial charge in [0.15, 0.2) is 9.84 Å². The van der Waals surface area contributed by atoms with Gasteiger partial charge in [-0.3, -0.25) is 4.79 Å². The third kappa shape index (κ3) is 5.14. The molecule has 0 fully saturated rings. The molecule has 0 unspecified atom stereocenters. The molecular formula is C11H13F3N2O4S. The van der Waals surface area contributed by atoms with Crippen molar-refractivity contribution in [2.75, 3.05) is 25.1 Å². The molecule has 0 aliphatic heterocycles. The van der Waals surface area contributed by atoms with Gasteiger partial charge in [-0.2, -0.15) is 13.2 Å². The molecule has 0 spiro atoms. The lowest BCUT2D eigenvalue weighted by Gasteiger charge is -2.11. The van der Waals surface area contributed by atoms with Gasteiger partial charge in [0.25, 0.3) is 0 Å². The summed E-state index contributed by atoms with van der Waals surface area (Å²) in [6.07, 6.45) is -4.61. The number of carbonyl (C=O) groups excluding carboxylic acids is 1. The van der Waals surface area contributed by atoms with Crippen LogP contribution in [0.25, 0.3) is 0 Å². The van der Waals surface area contributed by atoms with Crippen LogP contribution in [0.2, 0.25) is 0 Å². The van der Waals surface area contributed by atoms with Gasteiger partial charge in [0.1, 0.15) is 22.9 Å². The molecule has 10 heteroatoms. The second-order valence-electron chi connectivity index (χ2n) is 4.06. The number of rotatable bonds is 5. The lowest BCUT2D eigenvalue weighted by atomic mass is 10.3. The largest absolute Gasteiger partial charge is 0.495 e. The van der Waals surface area contributed by atoms with Crippen molar-refractivity contribution >= 4 is 21.4 Å². The minimum absolute atomic E-state index is 0.0846. The Morgan fingerprint density at radius 2 is 2.00 bits per heavy atom. The Morgan fingerprint density at radius 3 is 2.52 bits per heavy atom. The number of benzene rings is 1. The molecule has 0 aromatic heterocycles. The highest BCUT2D eigenvalue weighted by Crippen LogP contribution is 2.26. The molecule has 0 heterocycles. The molecule has 6 nitrogen and oxygen atoms in total. The van der Waals surface area contributed by atoms with E-state index in [0.29, 0.717) is 0 Å². The van der Waals surface area contributed by atoms with E-state index in [0.717, 1.165) is 6.07 Å². The maximum Gasteiger partial charge on any atom is 0.405 e. The minimum Gasteiger partial charge on any atom is -0.495 e. The number of hydrogen-bond donors (Lipinski definition) is 2. The minimum atomic E-state index is -4.61. The molecule has 1 aromatic carbocycles. The number of amides is 1. The second-order valence-corrected chi connectivity index (χ2v) is 6.02. The van der Waals surface area contributed by atoms with Crippen LogP contribution in [-0.2, 0) is 14.6 Å². The van der Waals surface area contributed by atoms with Gasteiger partial charge in [-0.1, -0.05) is 0 Å². The molecule has 118 valence electrons. The van der Waals surface area contributed by atoms with E-state index < -0.39 is 34.2 Å². The second kappa shape index (κ2) is 6.20. The number of nitrogens with one attached hydrogen (secondary N) is 1. The Kier molecular flexibility index (Phi) is 5.05. The van der Waals surface area contributed by atoms with Crippen molar-refractivity contribution in [1.82, 2.24) is 5.32 Å². The van der Waals surface area contributed by atoms with Crippen LogP contribution < -0.4 is 15.8 Å². The van der Waals surface area contributed by atoms with Gasteiger partial charge < -0.3 is 15.8 Å². The van der Waals surface area contributed by atoms with Gasteiger partial charge in [0.05, 0.1) is 7.11 Å². The van der Waals surface area contributed by atoms with Crippen LogP contribution in [-0.4, -0.2) is 39.9 Å². The average Bonchev–Trinajstić information content (AvgIpc) is 2.34. The monoisotopic (exact) mass is 326 g/mol. The van der Waals surface area contributed by atoms with E-state index in [2.05, 4.69) is 0 Å². The predicted molar refractivity (Wildman–Crippen MR) is 68.5 cm³/mol. The van der Waals surface area contributed by atoms with Crippen LogP contribution in [0.3, 0.4) is 0 Å². The summed E-state index contributed by atoms with van der Waals surface area (Å²) in [5, 5.41) is 1.49. The lowest BCUT2D eigenvalue weighted by Crippen LogP contribution is -2.37. The van der Waals surface area contributed by atoms with E-state index in [1.807, 2.05) is 0 Å². The fourth-order valence-electron chi connectivity index (χ4n) is 1.44. The third-order valence-corrected chi connectivity index (χ3v) is 3.98. The molecule has 1 aromatic rings. The van der Waals surface area contributed by atoms with Gasteiger partial charge in [-0.15, -0.1) is 0 Å². The first-order valence-electron chi connectivity index (χ1n) is 5.55. The Hall–Kier alpha value is -1.97. The Bertz CT molecular complexity index is 629. The summed E-state index contributed by atoms with van der Waals surface area (Å²) in [5.74, 6) is -2.46. The summed E-state index contributed by atoms with van der Waals surface area (Å²) in [6.45, 7) is -1.60. The molecule has 0 aliphatic carbocycles. The Balaban J connectivity index is 2.90. The Morgan fingerprint density at radius 1 is 1.38 bits per heavy atom. The number of nitrogen functional groups attached to an aromatic ring is 1. The van der Waals surface area contributed by atoms with Gasteiger partial charge in [-0.05, 0) is 12.1 Å². The topological polar surface area (TPSA) is 98.5 Å². The molecule has 0 bridgehead atoms. The first-order chi connectivity index (χ1) is 9.55. The maximum atomic E-state index is 12.0. The van der Waals surface area contributed by atoms with E-state index in [1.165, 1.54) is 24.6 Å². The molecule has 0 saturated heterocycles. The molecule has 3 N–H and O–H groups in total. The number of ether oxygens (including phenoxy) is 1. The fourth-order valence-corrected chi connectivity index (χ4v) is 2.77. The normalized spacial score (nSPS) is 12.0. The number of nitrogens with two attached hydrogens (primary N) is 1. The number of carbonyl (C=O) groups is 1. The van der Waals surface area contributed by atoms with Crippen LogP contribution >= 0.6 is 0 Å². The quantitative estimate of drug-likeness (QED) is 0.777. The van der Waals surface area contributed by atoms with Gasteiger partial charge in [0, 0.05) is 11.8 Å². The first-order valence-corrected chi connectivity index (χ1v) is 7.20. The molecular weight excluding hydrogens is 313 g/mol. The highest BCUT2D eigenvalue weighted by Gasteiger charge is 2.29. The zero-order chi connectivity index (χ0) is 16.3.